The van der Waals surface area contributed by atoms with Gasteiger partial charge in [-0.05, 0) is 24.6 Å². The van der Waals surface area contributed by atoms with Crippen molar-refractivity contribution < 1.29 is 33.2 Å². The minimum Gasteiger partial charge on any atom is -0.422 e. The van der Waals surface area contributed by atoms with Gasteiger partial charge in [0.15, 0.2) is 0 Å². The van der Waals surface area contributed by atoms with Crippen LogP contribution in [0.2, 0.25) is 0 Å². The van der Waals surface area contributed by atoms with Gasteiger partial charge in [-0.1, -0.05) is 0 Å². The monoisotopic (exact) mass is 492 g/mol. The summed E-state index contributed by atoms with van der Waals surface area (Å²) in [4.78, 5) is 89.7. The summed E-state index contributed by atoms with van der Waals surface area (Å²) in [5, 5.41) is 2.89. The number of benzene rings is 1. The second-order valence-corrected chi connectivity index (χ2v) is 8.17. The second kappa shape index (κ2) is 8.01. The molecule has 3 aromatic rings. The molecule has 13 nitrogen and oxygen atoms in total. The maximum atomic E-state index is 12.7. The van der Waals surface area contributed by atoms with Gasteiger partial charge >= 0.3 is 11.6 Å². The van der Waals surface area contributed by atoms with Crippen LogP contribution >= 0.6 is 0 Å². The van der Waals surface area contributed by atoms with Crippen molar-refractivity contribution in [1.82, 2.24) is 14.9 Å². The minimum absolute atomic E-state index is 0.0382. The Bertz CT molecular complexity index is 1670. The van der Waals surface area contributed by atoms with E-state index < -0.39 is 47.2 Å². The number of carbonyl (C=O) groups is 5. The third kappa shape index (κ3) is 3.45. The van der Waals surface area contributed by atoms with E-state index in [-0.39, 0.29) is 46.6 Å². The van der Waals surface area contributed by atoms with Gasteiger partial charge in [-0.15, -0.1) is 5.06 Å². The Morgan fingerprint density at radius 3 is 2.44 bits per heavy atom. The van der Waals surface area contributed by atoms with Crippen LogP contribution in [0.4, 0.5) is 5.82 Å². The number of carbonyl (C=O) groups excluding carboxylic acids is 5. The van der Waals surface area contributed by atoms with E-state index in [1.54, 1.807) is 6.92 Å². The molecule has 0 saturated carbocycles. The molecule has 0 unspecified atom stereocenters. The van der Waals surface area contributed by atoms with Crippen molar-refractivity contribution in [1.29, 1.82) is 0 Å². The van der Waals surface area contributed by atoms with Gasteiger partial charge in [0, 0.05) is 30.4 Å². The van der Waals surface area contributed by atoms with Crippen LogP contribution in [0, 0.1) is 6.92 Å². The fourth-order valence-electron chi connectivity index (χ4n) is 4.21. The lowest BCUT2D eigenvalue weighted by atomic mass is 10.0. The fourth-order valence-corrected chi connectivity index (χ4v) is 4.21. The molecule has 0 atom stereocenters. The molecule has 182 valence electrons. The number of anilines is 1. The number of aromatic nitrogens is 1. The number of nitrogens with zero attached hydrogens (tertiary/aromatic N) is 2. The number of aryl methyl sites for hydroxylation is 1. The number of hydrogen-bond donors (Lipinski definition) is 2. The molecule has 2 aliphatic rings. The average molecular weight is 492 g/mol. The van der Waals surface area contributed by atoms with Crippen molar-refractivity contribution in [3.8, 4) is 5.69 Å². The number of hydroxylamine groups is 2. The van der Waals surface area contributed by atoms with Gasteiger partial charge in [-0.3, -0.25) is 33.9 Å². The quantitative estimate of drug-likeness (QED) is 0.367. The Hall–Kier alpha value is -5.07. The average Bonchev–Trinajstić information content (AvgIpc) is 3.28. The summed E-state index contributed by atoms with van der Waals surface area (Å²) < 4.78 is 6.36. The number of nitrogens with two attached hydrogens (primary N) is 1. The van der Waals surface area contributed by atoms with E-state index in [9.17, 15) is 33.6 Å². The van der Waals surface area contributed by atoms with Crippen molar-refractivity contribution >= 4 is 46.4 Å². The third-order valence-corrected chi connectivity index (χ3v) is 6.00. The van der Waals surface area contributed by atoms with E-state index in [2.05, 4.69) is 5.32 Å². The zero-order chi connectivity index (χ0) is 25.9. The zero-order valence-corrected chi connectivity index (χ0v) is 18.6. The molecule has 0 bridgehead atoms. The first kappa shape index (κ1) is 22.7. The molecule has 0 radical (unpaired) electrons. The van der Waals surface area contributed by atoms with Gasteiger partial charge in [0.05, 0.1) is 28.8 Å². The van der Waals surface area contributed by atoms with E-state index in [1.807, 2.05) is 0 Å². The zero-order valence-electron chi connectivity index (χ0n) is 18.6. The minimum atomic E-state index is -0.990. The van der Waals surface area contributed by atoms with Gasteiger partial charge in [-0.2, -0.15) is 0 Å². The number of imide groups is 2. The molecule has 4 heterocycles. The van der Waals surface area contributed by atoms with Crippen molar-refractivity contribution in [2.45, 2.75) is 26.2 Å². The normalized spacial score (nSPS) is 15.0. The molecule has 3 N–H and O–H groups in total. The highest BCUT2D eigenvalue weighted by atomic mass is 16.7. The number of pyridine rings is 1. The lowest BCUT2D eigenvalue weighted by molar-refractivity contribution is -0.197. The van der Waals surface area contributed by atoms with Crippen LogP contribution in [0.25, 0.3) is 16.7 Å². The van der Waals surface area contributed by atoms with Crippen molar-refractivity contribution in [3.63, 3.8) is 0 Å². The van der Waals surface area contributed by atoms with E-state index in [0.717, 1.165) is 10.6 Å². The highest BCUT2D eigenvalue weighted by Gasteiger charge is 2.34. The Morgan fingerprint density at radius 2 is 1.75 bits per heavy atom. The summed E-state index contributed by atoms with van der Waals surface area (Å²) >= 11 is 0. The summed E-state index contributed by atoms with van der Waals surface area (Å²) in [6.07, 6.45) is -0.682. The predicted octanol–water partition coefficient (Wildman–Crippen LogP) is -0.132. The van der Waals surface area contributed by atoms with E-state index >= 15 is 0 Å². The van der Waals surface area contributed by atoms with Gasteiger partial charge < -0.3 is 15.0 Å². The van der Waals surface area contributed by atoms with E-state index in [1.165, 1.54) is 18.2 Å². The van der Waals surface area contributed by atoms with Gasteiger partial charge in [0.2, 0.25) is 0 Å². The van der Waals surface area contributed by atoms with Crippen molar-refractivity contribution in [2.24, 2.45) is 0 Å². The van der Waals surface area contributed by atoms with Crippen LogP contribution in [0.3, 0.4) is 0 Å². The Labute approximate surface area is 200 Å². The SMILES string of the molecule is Cc1c(CC(=O)ON2C(=O)CCC2=O)c(=O)oc2cc(-n3c(N)c4c(cc3=O)C(=O)NC4=O)ccc12. The van der Waals surface area contributed by atoms with E-state index in [0.29, 0.717) is 16.0 Å². The second-order valence-electron chi connectivity index (χ2n) is 8.17. The van der Waals surface area contributed by atoms with Crippen LogP contribution < -0.4 is 22.2 Å². The molecule has 0 aliphatic carbocycles. The van der Waals surface area contributed by atoms with Crippen LogP contribution in [-0.4, -0.2) is 39.2 Å². The number of nitrogens with one attached hydrogen (secondary N) is 1. The molecule has 5 rings (SSSR count). The molecule has 0 spiro atoms. The van der Waals surface area contributed by atoms with Crippen LogP contribution in [0.5, 0.6) is 0 Å². The lowest BCUT2D eigenvalue weighted by Crippen LogP contribution is -2.33. The first-order valence-electron chi connectivity index (χ1n) is 10.6. The molecule has 2 aliphatic heterocycles. The summed E-state index contributed by atoms with van der Waals surface area (Å²) in [6.45, 7) is 1.57. The Balaban J connectivity index is 1.52. The highest BCUT2D eigenvalue weighted by Crippen LogP contribution is 2.26. The van der Waals surface area contributed by atoms with Crippen molar-refractivity contribution in [3.05, 3.63) is 67.3 Å². The third-order valence-electron chi connectivity index (χ3n) is 6.00. The van der Waals surface area contributed by atoms with Gasteiger partial charge in [0.25, 0.3) is 29.2 Å². The topological polar surface area (TPSA) is 188 Å². The standard InChI is InChI=1S/C23H16N4O9/c1-9-11-3-2-10(26-17(30)7-13-19(20(26)24)22(33)25-21(13)32)6-14(11)35-23(34)12(9)8-18(31)36-27-15(28)4-5-16(27)29/h2-3,6-7H,4-5,8,24H2,1H3,(H,25,32,33). The van der Waals surface area contributed by atoms with Gasteiger partial charge in [-0.25, -0.2) is 9.59 Å². The predicted molar refractivity (Wildman–Crippen MR) is 120 cm³/mol. The maximum Gasteiger partial charge on any atom is 0.340 e. The number of amides is 4. The van der Waals surface area contributed by atoms with Gasteiger partial charge in [0.1, 0.15) is 11.4 Å². The first-order valence-corrected chi connectivity index (χ1v) is 10.6. The highest BCUT2D eigenvalue weighted by molar-refractivity contribution is 6.23. The van der Waals surface area contributed by atoms with Crippen LogP contribution in [-0.2, 0) is 25.6 Å². The summed E-state index contributed by atoms with van der Waals surface area (Å²) in [7, 11) is 0. The fraction of sp³-hybridized carbons (Fsp3) is 0.174. The molecular weight excluding hydrogens is 476 g/mol. The smallest absolute Gasteiger partial charge is 0.340 e. The Kier molecular flexibility index (Phi) is 5.05. The largest absolute Gasteiger partial charge is 0.422 e. The number of nitrogen functional groups attached to an aromatic ring is 1. The first-order chi connectivity index (χ1) is 17.1. The molecular formula is C23H16N4O9. The van der Waals surface area contributed by atoms with Crippen LogP contribution in [0.1, 0.15) is 44.7 Å². The number of rotatable bonds is 4. The lowest BCUT2D eigenvalue weighted by Gasteiger charge is -2.14. The molecule has 4 amide bonds. The summed E-state index contributed by atoms with van der Waals surface area (Å²) in [6, 6.07) is 5.35. The molecule has 13 heteroatoms. The molecule has 1 saturated heterocycles. The molecule has 2 aromatic heterocycles. The maximum absolute atomic E-state index is 12.7. The molecule has 36 heavy (non-hydrogen) atoms. The number of fused-ring (bicyclic) bond motifs is 2. The summed E-state index contributed by atoms with van der Waals surface area (Å²) in [5.74, 6) is -4.01. The van der Waals surface area contributed by atoms with Crippen LogP contribution in [0.15, 0.2) is 38.3 Å². The van der Waals surface area contributed by atoms with Crippen molar-refractivity contribution in [2.75, 3.05) is 5.73 Å². The summed E-state index contributed by atoms with van der Waals surface area (Å²) in [5.41, 5.74) is 4.79. The number of hydrogen-bond acceptors (Lipinski definition) is 10. The Morgan fingerprint density at radius 1 is 1.06 bits per heavy atom. The molecule has 1 fully saturated rings. The van der Waals surface area contributed by atoms with E-state index in [4.69, 9.17) is 15.0 Å². The molecule has 1 aromatic carbocycles.